The van der Waals surface area contributed by atoms with Crippen molar-refractivity contribution in [2.45, 2.75) is 6.92 Å². The summed E-state index contributed by atoms with van der Waals surface area (Å²) in [6.07, 6.45) is 1.51. The van der Waals surface area contributed by atoms with Crippen molar-refractivity contribution in [3.05, 3.63) is 58.5 Å². The van der Waals surface area contributed by atoms with Crippen LogP contribution >= 0.6 is 15.9 Å². The van der Waals surface area contributed by atoms with Crippen LogP contribution in [0.15, 0.2) is 51.6 Å². The molecule has 0 saturated carbocycles. The molecule has 8 heteroatoms. The zero-order chi connectivity index (χ0) is 16.2. The Labute approximate surface area is 140 Å². The van der Waals surface area contributed by atoms with Gasteiger partial charge in [0.2, 0.25) is 5.95 Å². The van der Waals surface area contributed by atoms with Crippen LogP contribution in [0.25, 0.3) is 0 Å². The molecule has 0 spiro atoms. The molecule has 2 N–H and O–H groups in total. The summed E-state index contributed by atoms with van der Waals surface area (Å²) in [6, 6.07) is 10.7. The molecule has 0 aliphatic heterocycles. The van der Waals surface area contributed by atoms with Crippen LogP contribution in [0.2, 0.25) is 0 Å². The normalized spacial score (nSPS) is 10.3. The quantitative estimate of drug-likeness (QED) is 0.726. The van der Waals surface area contributed by atoms with Crippen molar-refractivity contribution in [1.29, 1.82) is 0 Å². The zero-order valence-electron chi connectivity index (χ0n) is 12.1. The van der Waals surface area contributed by atoms with Gasteiger partial charge in [0.05, 0.1) is 0 Å². The van der Waals surface area contributed by atoms with Gasteiger partial charge in [-0.2, -0.15) is 0 Å². The van der Waals surface area contributed by atoms with E-state index in [9.17, 15) is 4.79 Å². The Morgan fingerprint density at radius 2 is 2.13 bits per heavy atom. The van der Waals surface area contributed by atoms with Crippen LogP contribution in [0.1, 0.15) is 16.2 Å². The number of rotatable bonds is 4. The van der Waals surface area contributed by atoms with E-state index >= 15 is 0 Å². The van der Waals surface area contributed by atoms with Crippen LogP contribution in [-0.4, -0.2) is 21.0 Å². The van der Waals surface area contributed by atoms with Crippen LogP contribution in [0.5, 0.6) is 0 Å². The summed E-state index contributed by atoms with van der Waals surface area (Å²) < 4.78 is 5.83. The summed E-state index contributed by atoms with van der Waals surface area (Å²) in [5.74, 6) is 0.887. The van der Waals surface area contributed by atoms with Crippen molar-refractivity contribution in [2.24, 2.45) is 0 Å². The molecule has 0 radical (unpaired) electrons. The Kier molecular flexibility index (Phi) is 4.33. The summed E-state index contributed by atoms with van der Waals surface area (Å²) in [4.78, 5) is 20.5. The molecule has 0 atom stereocenters. The number of benzene rings is 1. The molecule has 7 nitrogen and oxygen atoms in total. The van der Waals surface area contributed by atoms with Gasteiger partial charge in [-0.05, 0) is 31.2 Å². The van der Waals surface area contributed by atoms with E-state index in [1.165, 1.54) is 12.3 Å². The second kappa shape index (κ2) is 6.57. The molecule has 0 aliphatic carbocycles. The number of aromatic nitrogens is 3. The first kappa shape index (κ1) is 15.2. The molecule has 3 aromatic rings. The number of hydrogen-bond donors (Lipinski definition) is 2. The van der Waals surface area contributed by atoms with E-state index in [0.29, 0.717) is 17.5 Å². The predicted octanol–water partition coefficient (Wildman–Crippen LogP) is 3.53. The Balaban J connectivity index is 1.75. The lowest BCUT2D eigenvalue weighted by molar-refractivity contribution is 0.102. The van der Waals surface area contributed by atoms with E-state index in [2.05, 4.69) is 41.7 Å². The maximum absolute atomic E-state index is 12.2. The highest BCUT2D eigenvalue weighted by molar-refractivity contribution is 9.10. The van der Waals surface area contributed by atoms with Crippen molar-refractivity contribution in [2.75, 3.05) is 10.6 Å². The summed E-state index contributed by atoms with van der Waals surface area (Å²) in [5, 5.41) is 9.36. The molecule has 0 saturated heterocycles. The van der Waals surface area contributed by atoms with Gasteiger partial charge in [-0.1, -0.05) is 27.2 Å². The lowest BCUT2D eigenvalue weighted by Crippen LogP contribution is -2.15. The maximum atomic E-state index is 12.2. The molecule has 1 aromatic carbocycles. The van der Waals surface area contributed by atoms with Crippen molar-refractivity contribution < 1.29 is 9.32 Å². The number of carbonyl (C=O) groups excluding carboxylic acids is 1. The smallest absolute Gasteiger partial charge is 0.275 e. The molecule has 0 fully saturated rings. The van der Waals surface area contributed by atoms with Gasteiger partial charge in [0.1, 0.15) is 11.5 Å². The topological polar surface area (TPSA) is 92.9 Å². The fraction of sp³-hybridized carbons (Fsp3) is 0.0667. The number of anilines is 3. The van der Waals surface area contributed by atoms with Crippen LogP contribution < -0.4 is 10.6 Å². The van der Waals surface area contributed by atoms with Gasteiger partial charge in [0.15, 0.2) is 5.82 Å². The van der Waals surface area contributed by atoms with Gasteiger partial charge in [0, 0.05) is 22.4 Å². The number of nitrogens with zero attached hydrogens (tertiary/aromatic N) is 3. The second-order valence-corrected chi connectivity index (χ2v) is 5.59. The number of carbonyl (C=O) groups is 1. The SMILES string of the molecule is Cc1cc(NC(=O)c2ccnc(Nc3cccc(Br)c3)n2)no1. The molecule has 2 heterocycles. The van der Waals surface area contributed by atoms with Crippen LogP contribution in [0.3, 0.4) is 0 Å². The average molecular weight is 374 g/mol. The van der Waals surface area contributed by atoms with Crippen LogP contribution in [-0.2, 0) is 0 Å². The minimum Gasteiger partial charge on any atom is -0.360 e. The van der Waals surface area contributed by atoms with Crippen LogP contribution in [0, 0.1) is 6.92 Å². The number of hydrogen-bond acceptors (Lipinski definition) is 6. The van der Waals surface area contributed by atoms with E-state index in [1.807, 2.05) is 24.3 Å². The molecule has 116 valence electrons. The third-order valence-electron chi connectivity index (χ3n) is 2.84. The Bertz CT molecular complexity index is 849. The van der Waals surface area contributed by atoms with Crippen molar-refractivity contribution in [1.82, 2.24) is 15.1 Å². The molecule has 0 bridgehead atoms. The van der Waals surface area contributed by atoms with Gasteiger partial charge in [-0.3, -0.25) is 4.79 Å². The highest BCUT2D eigenvalue weighted by Crippen LogP contribution is 2.18. The van der Waals surface area contributed by atoms with E-state index in [0.717, 1.165) is 10.2 Å². The molecule has 23 heavy (non-hydrogen) atoms. The standard InChI is InChI=1S/C15H12BrN5O2/c1-9-7-13(21-23-9)20-14(22)12-5-6-17-15(19-12)18-11-4-2-3-10(16)8-11/h2-8H,1H3,(H,17,18,19)(H,20,21,22). The second-order valence-electron chi connectivity index (χ2n) is 4.68. The zero-order valence-corrected chi connectivity index (χ0v) is 13.7. The Morgan fingerprint density at radius 1 is 1.26 bits per heavy atom. The third-order valence-corrected chi connectivity index (χ3v) is 3.33. The van der Waals surface area contributed by atoms with Gasteiger partial charge in [-0.25, -0.2) is 9.97 Å². The molecule has 0 aliphatic rings. The first-order chi connectivity index (χ1) is 11.1. The van der Waals surface area contributed by atoms with Crippen molar-refractivity contribution in [3.8, 4) is 0 Å². The summed E-state index contributed by atoms with van der Waals surface area (Å²) in [6.45, 7) is 1.74. The maximum Gasteiger partial charge on any atom is 0.275 e. The fourth-order valence-electron chi connectivity index (χ4n) is 1.85. The first-order valence-corrected chi connectivity index (χ1v) is 7.50. The summed E-state index contributed by atoms with van der Waals surface area (Å²) in [7, 11) is 0. The van der Waals surface area contributed by atoms with Crippen molar-refractivity contribution >= 4 is 39.3 Å². The third kappa shape index (κ3) is 3.92. The summed E-state index contributed by atoms with van der Waals surface area (Å²) >= 11 is 3.39. The van der Waals surface area contributed by atoms with Gasteiger partial charge >= 0.3 is 0 Å². The number of aryl methyl sites for hydroxylation is 1. The van der Waals surface area contributed by atoms with Crippen molar-refractivity contribution in [3.63, 3.8) is 0 Å². The molecule has 2 aromatic heterocycles. The summed E-state index contributed by atoms with van der Waals surface area (Å²) in [5.41, 5.74) is 1.03. The van der Waals surface area contributed by atoms with E-state index in [-0.39, 0.29) is 5.69 Å². The van der Waals surface area contributed by atoms with Gasteiger partial charge in [-0.15, -0.1) is 0 Å². The highest BCUT2D eigenvalue weighted by atomic mass is 79.9. The lowest BCUT2D eigenvalue weighted by Gasteiger charge is -2.06. The fourth-order valence-corrected chi connectivity index (χ4v) is 2.25. The first-order valence-electron chi connectivity index (χ1n) is 6.70. The van der Waals surface area contributed by atoms with E-state index in [1.54, 1.807) is 13.0 Å². The number of nitrogens with one attached hydrogen (secondary N) is 2. The Hall–Kier alpha value is -2.74. The molecule has 3 rings (SSSR count). The minimum atomic E-state index is -0.391. The molecule has 0 unspecified atom stereocenters. The van der Waals surface area contributed by atoms with E-state index < -0.39 is 5.91 Å². The van der Waals surface area contributed by atoms with Gasteiger partial charge in [0.25, 0.3) is 5.91 Å². The minimum absolute atomic E-state index is 0.221. The predicted molar refractivity (Wildman–Crippen MR) is 88.6 cm³/mol. The average Bonchev–Trinajstić information content (AvgIpc) is 2.92. The number of halogens is 1. The lowest BCUT2D eigenvalue weighted by atomic mass is 10.3. The van der Waals surface area contributed by atoms with E-state index in [4.69, 9.17) is 4.52 Å². The van der Waals surface area contributed by atoms with Crippen LogP contribution in [0.4, 0.5) is 17.5 Å². The Morgan fingerprint density at radius 3 is 2.87 bits per heavy atom. The molecular formula is C15H12BrN5O2. The monoisotopic (exact) mass is 373 g/mol. The van der Waals surface area contributed by atoms with Gasteiger partial charge < -0.3 is 15.2 Å². The number of amides is 1. The largest absolute Gasteiger partial charge is 0.360 e. The molecule has 1 amide bonds. The highest BCUT2D eigenvalue weighted by Gasteiger charge is 2.11. The molecular weight excluding hydrogens is 362 g/mol.